The van der Waals surface area contributed by atoms with Crippen molar-refractivity contribution < 1.29 is 5.11 Å². The number of aromatic hydroxyl groups is 1. The van der Waals surface area contributed by atoms with Gasteiger partial charge in [-0.25, -0.2) is 0 Å². The number of nitrogens with two attached hydrogens (primary N) is 1. The zero-order chi connectivity index (χ0) is 9.14. The lowest BCUT2D eigenvalue weighted by Gasteiger charge is -2.08. The molecule has 0 saturated heterocycles. The third-order valence-electron chi connectivity index (χ3n) is 1.63. The van der Waals surface area contributed by atoms with E-state index in [4.69, 9.17) is 5.73 Å². The van der Waals surface area contributed by atoms with Crippen LogP contribution in [0.2, 0.25) is 0 Å². The Morgan fingerprint density at radius 2 is 2.25 bits per heavy atom. The van der Waals surface area contributed by atoms with Crippen LogP contribution < -0.4 is 5.73 Å². The highest BCUT2D eigenvalue weighted by atomic mass is 32.1. The quantitative estimate of drug-likeness (QED) is 0.482. The van der Waals surface area contributed by atoms with E-state index in [9.17, 15) is 5.11 Å². The molecule has 64 valence electrons. The van der Waals surface area contributed by atoms with Crippen LogP contribution >= 0.6 is 12.6 Å². The molecular weight excluding hydrogens is 170 g/mol. The predicted octanol–water partition coefficient (Wildman–Crippen LogP) is 1.87. The van der Waals surface area contributed by atoms with Gasteiger partial charge in [-0.15, -0.1) is 19.2 Å². The average molecular weight is 181 g/mol. The molecule has 0 fully saturated rings. The second-order valence-electron chi connectivity index (χ2n) is 2.50. The Labute approximate surface area is 77.1 Å². The van der Waals surface area contributed by atoms with Gasteiger partial charge in [-0.3, -0.25) is 0 Å². The molecule has 12 heavy (non-hydrogen) atoms. The summed E-state index contributed by atoms with van der Waals surface area (Å²) >= 11 is 4.07. The minimum absolute atomic E-state index is 0.162. The standard InChI is InChI=1S/C9H11NOS/c1-2-8(10)7-4-3-6(12)5-9(7)11/h2-5,8,11-12H,1,10H2. The summed E-state index contributed by atoms with van der Waals surface area (Å²) in [5, 5.41) is 9.42. The Bertz CT molecular complexity index is 299. The molecule has 0 heterocycles. The van der Waals surface area contributed by atoms with Crippen LogP contribution in [0.4, 0.5) is 0 Å². The van der Waals surface area contributed by atoms with Gasteiger partial charge in [0.15, 0.2) is 0 Å². The van der Waals surface area contributed by atoms with Gasteiger partial charge in [0.1, 0.15) is 5.75 Å². The van der Waals surface area contributed by atoms with Gasteiger partial charge >= 0.3 is 0 Å². The molecule has 1 unspecified atom stereocenters. The molecule has 3 N–H and O–H groups in total. The first-order valence-electron chi connectivity index (χ1n) is 3.55. The van der Waals surface area contributed by atoms with Crippen LogP contribution in [0.25, 0.3) is 0 Å². The summed E-state index contributed by atoms with van der Waals surface area (Å²) in [6, 6.07) is 4.76. The maximum atomic E-state index is 9.42. The topological polar surface area (TPSA) is 46.2 Å². The van der Waals surface area contributed by atoms with E-state index in [2.05, 4.69) is 19.2 Å². The van der Waals surface area contributed by atoms with Crippen LogP contribution in [-0.4, -0.2) is 5.11 Å². The second-order valence-corrected chi connectivity index (χ2v) is 3.02. The first kappa shape index (κ1) is 9.16. The van der Waals surface area contributed by atoms with Crippen molar-refractivity contribution >= 4 is 12.6 Å². The lowest BCUT2D eigenvalue weighted by molar-refractivity contribution is 0.464. The van der Waals surface area contributed by atoms with E-state index in [1.54, 1.807) is 24.3 Å². The van der Waals surface area contributed by atoms with Crippen molar-refractivity contribution in [3.63, 3.8) is 0 Å². The fourth-order valence-corrected chi connectivity index (χ4v) is 1.14. The molecule has 3 heteroatoms. The van der Waals surface area contributed by atoms with Crippen molar-refractivity contribution in [1.82, 2.24) is 0 Å². The van der Waals surface area contributed by atoms with E-state index in [0.29, 0.717) is 10.5 Å². The largest absolute Gasteiger partial charge is 0.508 e. The van der Waals surface area contributed by atoms with E-state index in [1.165, 1.54) is 0 Å². The molecule has 0 aliphatic carbocycles. The minimum Gasteiger partial charge on any atom is -0.508 e. The third-order valence-corrected chi connectivity index (χ3v) is 1.91. The Hall–Kier alpha value is -0.930. The van der Waals surface area contributed by atoms with Gasteiger partial charge in [-0.2, -0.15) is 0 Å². The highest BCUT2D eigenvalue weighted by Gasteiger charge is 2.06. The molecule has 0 amide bonds. The summed E-state index contributed by atoms with van der Waals surface area (Å²) in [4.78, 5) is 0.715. The minimum atomic E-state index is -0.320. The summed E-state index contributed by atoms with van der Waals surface area (Å²) < 4.78 is 0. The van der Waals surface area contributed by atoms with Gasteiger partial charge in [0, 0.05) is 10.5 Å². The van der Waals surface area contributed by atoms with Crippen molar-refractivity contribution in [1.29, 1.82) is 0 Å². The molecule has 0 radical (unpaired) electrons. The van der Waals surface area contributed by atoms with Crippen molar-refractivity contribution in [2.24, 2.45) is 5.73 Å². The predicted molar refractivity (Wildman–Crippen MR) is 52.5 cm³/mol. The van der Waals surface area contributed by atoms with Crippen molar-refractivity contribution in [2.45, 2.75) is 10.9 Å². The zero-order valence-electron chi connectivity index (χ0n) is 6.57. The number of hydrogen-bond acceptors (Lipinski definition) is 3. The molecule has 1 rings (SSSR count). The molecule has 0 aliphatic heterocycles. The van der Waals surface area contributed by atoms with Crippen LogP contribution in [0.5, 0.6) is 5.75 Å². The Morgan fingerprint density at radius 3 is 2.75 bits per heavy atom. The summed E-state index contributed by atoms with van der Waals surface area (Å²) in [5.41, 5.74) is 6.31. The maximum absolute atomic E-state index is 9.42. The SMILES string of the molecule is C=CC(N)c1ccc(S)cc1O. The van der Waals surface area contributed by atoms with Crippen LogP contribution in [0, 0.1) is 0 Å². The molecule has 0 aliphatic rings. The van der Waals surface area contributed by atoms with E-state index in [1.807, 2.05) is 0 Å². The summed E-state index contributed by atoms with van der Waals surface area (Å²) in [6.07, 6.45) is 1.58. The number of rotatable bonds is 2. The van der Waals surface area contributed by atoms with Gasteiger partial charge in [0.2, 0.25) is 0 Å². The number of thiol groups is 1. The Balaban J connectivity index is 3.09. The molecule has 1 atom stereocenters. The van der Waals surface area contributed by atoms with Crippen LogP contribution in [0.3, 0.4) is 0 Å². The zero-order valence-corrected chi connectivity index (χ0v) is 7.46. The van der Waals surface area contributed by atoms with Crippen LogP contribution in [0.15, 0.2) is 35.7 Å². The van der Waals surface area contributed by atoms with E-state index in [-0.39, 0.29) is 11.8 Å². The van der Waals surface area contributed by atoms with Crippen LogP contribution in [0.1, 0.15) is 11.6 Å². The van der Waals surface area contributed by atoms with E-state index >= 15 is 0 Å². The molecule has 0 aromatic heterocycles. The Morgan fingerprint density at radius 1 is 1.58 bits per heavy atom. The molecule has 0 saturated carbocycles. The Kier molecular flexibility index (Phi) is 2.78. The summed E-state index contributed by atoms with van der Waals surface area (Å²) in [6.45, 7) is 3.55. The first-order valence-corrected chi connectivity index (χ1v) is 4.00. The van der Waals surface area contributed by atoms with Crippen molar-refractivity contribution in [2.75, 3.05) is 0 Å². The molecule has 1 aromatic carbocycles. The molecular formula is C9H11NOS. The molecule has 0 bridgehead atoms. The first-order chi connectivity index (χ1) is 5.65. The van der Waals surface area contributed by atoms with Crippen molar-refractivity contribution in [3.8, 4) is 5.75 Å². The van der Waals surface area contributed by atoms with Crippen LogP contribution in [-0.2, 0) is 0 Å². The molecule has 2 nitrogen and oxygen atoms in total. The lowest BCUT2D eigenvalue weighted by atomic mass is 10.1. The second kappa shape index (κ2) is 3.65. The normalized spacial score (nSPS) is 12.5. The van der Waals surface area contributed by atoms with Gasteiger partial charge in [-0.05, 0) is 12.1 Å². The summed E-state index contributed by atoms with van der Waals surface area (Å²) in [5.74, 6) is 0.162. The van der Waals surface area contributed by atoms with Crippen molar-refractivity contribution in [3.05, 3.63) is 36.4 Å². The smallest absolute Gasteiger partial charge is 0.121 e. The molecule has 1 aromatic rings. The maximum Gasteiger partial charge on any atom is 0.121 e. The van der Waals surface area contributed by atoms with Gasteiger partial charge in [0.05, 0.1) is 6.04 Å². The lowest BCUT2D eigenvalue weighted by Crippen LogP contribution is -2.06. The average Bonchev–Trinajstić information content (AvgIpc) is 2.03. The van der Waals surface area contributed by atoms with Gasteiger partial charge in [-0.1, -0.05) is 12.1 Å². The van der Waals surface area contributed by atoms with E-state index in [0.717, 1.165) is 0 Å². The number of phenols is 1. The van der Waals surface area contributed by atoms with Gasteiger partial charge < -0.3 is 10.8 Å². The van der Waals surface area contributed by atoms with E-state index < -0.39 is 0 Å². The number of benzene rings is 1. The highest BCUT2D eigenvalue weighted by Crippen LogP contribution is 2.25. The van der Waals surface area contributed by atoms with Gasteiger partial charge in [0.25, 0.3) is 0 Å². The monoisotopic (exact) mass is 181 g/mol. The molecule has 0 spiro atoms. The third kappa shape index (κ3) is 1.81. The highest BCUT2D eigenvalue weighted by molar-refractivity contribution is 7.80. The summed E-state index contributed by atoms with van der Waals surface area (Å²) in [7, 11) is 0. The number of hydrogen-bond donors (Lipinski definition) is 3. The fourth-order valence-electron chi connectivity index (χ4n) is 0.941. The fraction of sp³-hybridized carbons (Fsp3) is 0.111. The number of phenolic OH excluding ortho intramolecular Hbond substituents is 1.